The first-order chi connectivity index (χ1) is 11.3. The fourth-order valence-electron chi connectivity index (χ4n) is 2.08. The normalized spacial score (nSPS) is 12.2. The van der Waals surface area contributed by atoms with Gasteiger partial charge in [-0.25, -0.2) is 4.98 Å². The molecule has 0 aliphatic heterocycles. The van der Waals surface area contributed by atoms with E-state index < -0.39 is 12.7 Å². The molecule has 0 aliphatic rings. The number of nitrogens with one attached hydrogen (secondary N) is 2. The maximum absolute atomic E-state index is 12.2. The van der Waals surface area contributed by atoms with Crippen LogP contribution in [0.3, 0.4) is 0 Å². The van der Waals surface area contributed by atoms with Gasteiger partial charge in [-0.3, -0.25) is 9.89 Å². The monoisotopic (exact) mass is 493 g/mol. The Morgan fingerprint density at radius 1 is 1.32 bits per heavy atom. The van der Waals surface area contributed by atoms with Gasteiger partial charge in [-0.2, -0.15) is 13.2 Å². The van der Waals surface area contributed by atoms with Gasteiger partial charge in [0, 0.05) is 37.6 Å². The van der Waals surface area contributed by atoms with Crippen LogP contribution in [0, 0.1) is 0 Å². The van der Waals surface area contributed by atoms with E-state index in [0.29, 0.717) is 32.0 Å². The van der Waals surface area contributed by atoms with Crippen LogP contribution in [-0.2, 0) is 12.8 Å². The van der Waals surface area contributed by atoms with E-state index in [2.05, 4.69) is 27.5 Å². The number of rotatable bonds is 9. The topological polar surface area (TPSA) is 52.6 Å². The number of guanidine groups is 1. The van der Waals surface area contributed by atoms with E-state index in [1.165, 1.54) is 16.8 Å². The average molecular weight is 493 g/mol. The molecule has 0 bridgehead atoms. The second-order valence-corrected chi connectivity index (χ2v) is 6.66. The Labute approximate surface area is 168 Å². The Bertz CT molecular complexity index is 508. The third-order valence-electron chi connectivity index (χ3n) is 3.26. The van der Waals surface area contributed by atoms with E-state index in [0.717, 1.165) is 17.8 Å². The summed E-state index contributed by atoms with van der Waals surface area (Å²) < 4.78 is 36.6. The maximum atomic E-state index is 12.2. The lowest BCUT2D eigenvalue weighted by atomic mass is 10.4. The van der Waals surface area contributed by atoms with E-state index in [9.17, 15) is 13.2 Å². The van der Waals surface area contributed by atoms with Crippen LogP contribution in [0.4, 0.5) is 13.2 Å². The number of halogens is 4. The van der Waals surface area contributed by atoms with Gasteiger partial charge in [0.05, 0.1) is 11.6 Å². The van der Waals surface area contributed by atoms with Crippen LogP contribution < -0.4 is 10.6 Å². The highest BCUT2D eigenvalue weighted by Crippen LogP contribution is 2.15. The summed E-state index contributed by atoms with van der Waals surface area (Å²) in [6.07, 6.45) is 0.189. The lowest BCUT2D eigenvalue weighted by molar-refractivity contribution is -0.143. The lowest BCUT2D eigenvalue weighted by Crippen LogP contribution is -2.40. The van der Waals surface area contributed by atoms with Gasteiger partial charge in [-0.05, 0) is 26.4 Å². The van der Waals surface area contributed by atoms with E-state index in [1.807, 2.05) is 6.20 Å². The first kappa shape index (κ1) is 24.4. The first-order valence-electron chi connectivity index (χ1n) is 7.97. The van der Waals surface area contributed by atoms with Crippen molar-refractivity contribution in [3.63, 3.8) is 0 Å². The fourth-order valence-corrected chi connectivity index (χ4v) is 2.94. The number of aromatic nitrogens is 1. The van der Waals surface area contributed by atoms with E-state index in [-0.39, 0.29) is 24.0 Å². The zero-order chi connectivity index (χ0) is 18.0. The molecule has 5 nitrogen and oxygen atoms in total. The minimum Gasteiger partial charge on any atom is -0.356 e. The van der Waals surface area contributed by atoms with Crippen molar-refractivity contribution in [1.29, 1.82) is 0 Å². The number of thiazole rings is 1. The molecule has 0 aliphatic carbocycles. The molecule has 0 amide bonds. The van der Waals surface area contributed by atoms with Crippen LogP contribution in [0.1, 0.15) is 23.2 Å². The zero-order valence-corrected chi connectivity index (χ0v) is 18.0. The van der Waals surface area contributed by atoms with Gasteiger partial charge >= 0.3 is 6.18 Å². The van der Waals surface area contributed by atoms with Crippen molar-refractivity contribution in [2.75, 3.05) is 40.3 Å². The predicted molar refractivity (Wildman–Crippen MR) is 108 cm³/mol. The molecule has 146 valence electrons. The fraction of sp³-hybridized carbons (Fsp3) is 0.733. The molecule has 1 aromatic rings. The van der Waals surface area contributed by atoms with Crippen molar-refractivity contribution >= 4 is 41.3 Å². The summed E-state index contributed by atoms with van der Waals surface area (Å²) in [5.41, 5.74) is 0. The highest BCUT2D eigenvalue weighted by molar-refractivity contribution is 14.0. The number of aliphatic imine (C=N–C) groups is 1. The Hall–Kier alpha value is -0.620. The summed E-state index contributed by atoms with van der Waals surface area (Å²) in [6.45, 7) is 2.88. The van der Waals surface area contributed by atoms with Crippen molar-refractivity contribution < 1.29 is 13.2 Å². The Balaban J connectivity index is 0.00000576. The molecule has 0 spiro atoms. The van der Waals surface area contributed by atoms with Crippen LogP contribution in [-0.4, -0.2) is 62.3 Å². The summed E-state index contributed by atoms with van der Waals surface area (Å²) in [5.74, 6) is 0.653. The Kier molecular flexibility index (Phi) is 12.4. The van der Waals surface area contributed by atoms with Crippen molar-refractivity contribution in [2.24, 2.45) is 4.99 Å². The smallest absolute Gasteiger partial charge is 0.356 e. The van der Waals surface area contributed by atoms with Gasteiger partial charge in [-0.1, -0.05) is 6.92 Å². The SMILES string of the molecule is CCc1cnc(CCNC(=NC)NCCCN(C)CC(F)(F)F)s1.I. The highest BCUT2D eigenvalue weighted by Gasteiger charge is 2.28. The molecule has 0 atom stereocenters. The number of hydrogen-bond donors (Lipinski definition) is 2. The number of nitrogens with zero attached hydrogens (tertiary/aromatic N) is 3. The van der Waals surface area contributed by atoms with Gasteiger partial charge in [0.2, 0.25) is 0 Å². The minimum atomic E-state index is -4.15. The summed E-state index contributed by atoms with van der Waals surface area (Å²) in [6, 6.07) is 0. The van der Waals surface area contributed by atoms with Crippen LogP contribution in [0.5, 0.6) is 0 Å². The largest absolute Gasteiger partial charge is 0.401 e. The quantitative estimate of drug-likeness (QED) is 0.241. The summed E-state index contributed by atoms with van der Waals surface area (Å²) >= 11 is 1.71. The van der Waals surface area contributed by atoms with E-state index >= 15 is 0 Å². The minimum absolute atomic E-state index is 0. The zero-order valence-electron chi connectivity index (χ0n) is 14.8. The van der Waals surface area contributed by atoms with Crippen molar-refractivity contribution in [3.05, 3.63) is 16.1 Å². The molecule has 0 saturated heterocycles. The number of hydrogen-bond acceptors (Lipinski definition) is 4. The molecular formula is C15H27F3IN5S. The third-order valence-corrected chi connectivity index (χ3v) is 4.46. The molecule has 0 unspecified atom stereocenters. The summed E-state index contributed by atoms with van der Waals surface area (Å²) in [5, 5.41) is 7.37. The van der Waals surface area contributed by atoms with Crippen LogP contribution in [0.25, 0.3) is 0 Å². The molecule has 0 fully saturated rings. The molecule has 25 heavy (non-hydrogen) atoms. The van der Waals surface area contributed by atoms with Crippen molar-refractivity contribution in [3.8, 4) is 0 Å². The third kappa shape index (κ3) is 11.6. The second-order valence-electron chi connectivity index (χ2n) is 5.46. The van der Waals surface area contributed by atoms with Gasteiger partial charge in [0.25, 0.3) is 0 Å². The lowest BCUT2D eigenvalue weighted by Gasteiger charge is -2.18. The first-order valence-corrected chi connectivity index (χ1v) is 8.79. The molecule has 1 aromatic heterocycles. The predicted octanol–water partition coefficient (Wildman–Crippen LogP) is 2.92. The molecule has 1 rings (SSSR count). The standard InChI is InChI=1S/C15H26F3N5S.HI/c1-4-12-10-22-13(24-12)6-8-21-14(19-2)20-7-5-9-23(3)11-15(16,17)18;/h10H,4-9,11H2,1-3H3,(H2,19,20,21);1H. The van der Waals surface area contributed by atoms with Gasteiger partial charge in [0.15, 0.2) is 5.96 Å². The summed E-state index contributed by atoms with van der Waals surface area (Å²) in [4.78, 5) is 11.0. The molecule has 0 radical (unpaired) electrons. The van der Waals surface area contributed by atoms with Crippen molar-refractivity contribution in [2.45, 2.75) is 32.4 Å². The molecule has 1 heterocycles. The molecule has 0 saturated carbocycles. The maximum Gasteiger partial charge on any atom is 0.401 e. The average Bonchev–Trinajstić information content (AvgIpc) is 2.96. The molecule has 10 heteroatoms. The molecule has 2 N–H and O–H groups in total. The van der Waals surface area contributed by atoms with Gasteiger partial charge in [-0.15, -0.1) is 35.3 Å². The van der Waals surface area contributed by atoms with Gasteiger partial charge in [0.1, 0.15) is 0 Å². The summed E-state index contributed by atoms with van der Waals surface area (Å²) in [7, 11) is 3.14. The van der Waals surface area contributed by atoms with Crippen molar-refractivity contribution in [1.82, 2.24) is 20.5 Å². The van der Waals surface area contributed by atoms with Gasteiger partial charge < -0.3 is 10.6 Å². The number of alkyl halides is 3. The van der Waals surface area contributed by atoms with Crippen LogP contribution in [0.15, 0.2) is 11.2 Å². The van der Waals surface area contributed by atoms with Crippen LogP contribution >= 0.6 is 35.3 Å². The Morgan fingerprint density at radius 2 is 2.00 bits per heavy atom. The number of aryl methyl sites for hydroxylation is 1. The molecular weight excluding hydrogens is 466 g/mol. The highest BCUT2D eigenvalue weighted by atomic mass is 127. The second kappa shape index (κ2) is 12.7. The van der Waals surface area contributed by atoms with Crippen LogP contribution in [0.2, 0.25) is 0 Å². The van der Waals surface area contributed by atoms with E-state index in [1.54, 1.807) is 18.4 Å². The molecule has 0 aromatic carbocycles. The van der Waals surface area contributed by atoms with E-state index in [4.69, 9.17) is 0 Å². The Morgan fingerprint density at radius 3 is 2.56 bits per heavy atom.